The summed E-state index contributed by atoms with van der Waals surface area (Å²) in [5, 5.41) is 4.26. The van der Waals surface area contributed by atoms with Crippen molar-refractivity contribution in [1.29, 1.82) is 0 Å². The maximum absolute atomic E-state index is 6.67. The molecule has 0 atom stereocenters. The van der Waals surface area contributed by atoms with Crippen LogP contribution in [0.5, 0.6) is 46.0 Å². The third-order valence-electron chi connectivity index (χ3n) is 8.37. The summed E-state index contributed by atoms with van der Waals surface area (Å²) < 4.78 is 25.4. The fourth-order valence-electron chi connectivity index (χ4n) is 5.94. The van der Waals surface area contributed by atoms with Crippen LogP contribution in [0.1, 0.15) is 0 Å². The Kier molecular flexibility index (Phi) is 8.09. The molecule has 4 N–H and O–H groups in total. The maximum atomic E-state index is 6.67. The smallest absolute Gasteiger partial charge is 0.136 e. The fraction of sp³-hybridized carbons (Fsp3) is 0. The summed E-state index contributed by atoms with van der Waals surface area (Å²) in [6, 6.07) is 54.6. The van der Waals surface area contributed by atoms with E-state index in [1.165, 1.54) is 0 Å². The second-order valence-corrected chi connectivity index (χ2v) is 11.8. The lowest BCUT2D eigenvalue weighted by molar-refractivity contribution is 0.467. The van der Waals surface area contributed by atoms with Crippen LogP contribution in [0.15, 0.2) is 170 Å². The minimum absolute atomic E-state index is 0.672. The zero-order chi connectivity index (χ0) is 33.9. The lowest BCUT2D eigenvalue weighted by Crippen LogP contribution is -1.95. The number of fused-ring (bicyclic) bond motifs is 2. The molecule has 0 aliphatic carbocycles. The van der Waals surface area contributed by atoms with Crippen LogP contribution in [0.4, 0.5) is 11.4 Å². The van der Waals surface area contributed by atoms with Crippen LogP contribution >= 0.6 is 0 Å². The number of hydrogen-bond acceptors (Lipinski definition) is 6. The van der Waals surface area contributed by atoms with Gasteiger partial charge in [-0.1, -0.05) is 60.7 Å². The number of rotatable bonds is 9. The Balaban J connectivity index is 1.17. The van der Waals surface area contributed by atoms with Gasteiger partial charge in [-0.05, 0) is 131 Å². The van der Waals surface area contributed by atoms with E-state index < -0.39 is 0 Å². The Morgan fingerprint density at radius 3 is 0.940 bits per heavy atom. The van der Waals surface area contributed by atoms with E-state index in [4.69, 9.17) is 30.4 Å². The molecule has 0 unspecified atom stereocenters. The highest BCUT2D eigenvalue weighted by Crippen LogP contribution is 2.47. The first kappa shape index (κ1) is 30.4. The number of ether oxygens (including phenoxy) is 4. The first-order chi connectivity index (χ1) is 24.6. The van der Waals surface area contributed by atoms with Gasteiger partial charge in [0.25, 0.3) is 0 Å². The Morgan fingerprint density at radius 2 is 0.580 bits per heavy atom. The summed E-state index contributed by atoms with van der Waals surface area (Å²) in [5.74, 6) is 5.53. The first-order valence-corrected chi connectivity index (χ1v) is 16.2. The van der Waals surface area contributed by atoms with Crippen molar-refractivity contribution < 1.29 is 18.9 Å². The Morgan fingerprint density at radius 1 is 0.280 bits per heavy atom. The average molecular weight is 653 g/mol. The number of benzene rings is 8. The van der Waals surface area contributed by atoms with Crippen LogP contribution in [0.2, 0.25) is 0 Å². The molecule has 0 fully saturated rings. The van der Waals surface area contributed by atoms with E-state index in [1.54, 1.807) is 0 Å². The van der Waals surface area contributed by atoms with E-state index in [-0.39, 0.29) is 0 Å². The molecule has 0 saturated carbocycles. The molecule has 0 radical (unpaired) electrons. The topological polar surface area (TPSA) is 89.0 Å². The molecule has 0 spiro atoms. The first-order valence-electron chi connectivity index (χ1n) is 16.2. The minimum atomic E-state index is 0.672. The normalized spacial score (nSPS) is 11.0. The summed E-state index contributed by atoms with van der Waals surface area (Å²) in [7, 11) is 0. The van der Waals surface area contributed by atoms with E-state index in [0.29, 0.717) is 57.4 Å². The monoisotopic (exact) mass is 652 g/mol. The second-order valence-electron chi connectivity index (χ2n) is 11.8. The summed E-state index contributed by atoms with van der Waals surface area (Å²) in [6.45, 7) is 0. The van der Waals surface area contributed by atoms with Crippen molar-refractivity contribution in [2.75, 3.05) is 11.5 Å². The van der Waals surface area contributed by atoms with E-state index in [2.05, 4.69) is 36.4 Å². The van der Waals surface area contributed by atoms with Crippen molar-refractivity contribution in [2.45, 2.75) is 0 Å². The highest BCUT2D eigenvalue weighted by molar-refractivity contribution is 6.10. The van der Waals surface area contributed by atoms with Crippen LogP contribution in [-0.2, 0) is 0 Å². The van der Waals surface area contributed by atoms with Gasteiger partial charge in [0.1, 0.15) is 46.0 Å². The van der Waals surface area contributed by atoms with Gasteiger partial charge in [-0.15, -0.1) is 0 Å². The zero-order valence-electron chi connectivity index (χ0n) is 27.0. The molecule has 0 aliphatic rings. The van der Waals surface area contributed by atoms with Crippen LogP contribution < -0.4 is 30.4 Å². The maximum Gasteiger partial charge on any atom is 0.136 e. The van der Waals surface area contributed by atoms with Crippen molar-refractivity contribution in [1.82, 2.24) is 0 Å². The van der Waals surface area contributed by atoms with Crippen LogP contribution in [0.25, 0.3) is 32.7 Å². The largest absolute Gasteiger partial charge is 0.457 e. The fourth-order valence-corrected chi connectivity index (χ4v) is 5.94. The lowest BCUT2D eigenvalue weighted by Gasteiger charge is -2.20. The minimum Gasteiger partial charge on any atom is -0.457 e. The predicted octanol–water partition coefficient (Wildman–Crippen LogP) is 12.0. The summed E-state index contributed by atoms with van der Waals surface area (Å²) in [4.78, 5) is 0. The molecule has 8 aromatic carbocycles. The van der Waals surface area contributed by atoms with Crippen molar-refractivity contribution in [3.63, 3.8) is 0 Å². The molecule has 0 heterocycles. The Bertz CT molecular complexity index is 2250. The van der Waals surface area contributed by atoms with Gasteiger partial charge in [0.2, 0.25) is 0 Å². The standard InChI is InChI=1S/C44H32N2O4/c45-31-11-15-33(16-12-31)47-35-19-23-37(24-20-35)49-41-27-9-29-5-1-3-7-39(29)43(41)44-40-8-4-2-6-30(40)10-28-42(44)50-38-25-21-36(22-26-38)48-34-17-13-32(46)14-18-34/h1-28H,45-46H2. The molecule has 0 aromatic heterocycles. The molecule has 8 aromatic rings. The Labute approximate surface area is 289 Å². The lowest BCUT2D eigenvalue weighted by atomic mass is 9.92. The van der Waals surface area contributed by atoms with E-state index >= 15 is 0 Å². The average Bonchev–Trinajstić information content (AvgIpc) is 3.15. The van der Waals surface area contributed by atoms with E-state index in [9.17, 15) is 0 Å². The van der Waals surface area contributed by atoms with Gasteiger partial charge < -0.3 is 30.4 Å². The van der Waals surface area contributed by atoms with Gasteiger partial charge in [0.05, 0.1) is 0 Å². The molecule has 0 amide bonds. The molecule has 0 aliphatic heterocycles. The molecular formula is C44H32N2O4. The third-order valence-corrected chi connectivity index (χ3v) is 8.37. The number of nitrogens with two attached hydrogens (primary N) is 2. The van der Waals surface area contributed by atoms with Crippen LogP contribution in [-0.4, -0.2) is 0 Å². The zero-order valence-corrected chi connectivity index (χ0v) is 27.0. The van der Waals surface area contributed by atoms with Gasteiger partial charge in [-0.2, -0.15) is 0 Å². The summed E-state index contributed by atoms with van der Waals surface area (Å²) in [5.41, 5.74) is 14.9. The van der Waals surface area contributed by atoms with Gasteiger partial charge in [-0.25, -0.2) is 0 Å². The molecule has 242 valence electrons. The number of anilines is 2. The Hall–Kier alpha value is -6.92. The SMILES string of the molecule is Nc1ccc(Oc2ccc(Oc3ccc4ccccc4c3-c3c(Oc4ccc(Oc5ccc(N)cc5)cc4)ccc4ccccc34)cc2)cc1. The van der Waals surface area contributed by atoms with Crippen molar-refractivity contribution in [2.24, 2.45) is 0 Å². The van der Waals surface area contributed by atoms with Crippen molar-refractivity contribution >= 4 is 32.9 Å². The third kappa shape index (κ3) is 6.46. The molecule has 0 bridgehead atoms. The molecule has 6 nitrogen and oxygen atoms in total. The number of nitrogen functional groups attached to an aromatic ring is 2. The predicted molar refractivity (Wildman–Crippen MR) is 202 cm³/mol. The van der Waals surface area contributed by atoms with Crippen LogP contribution in [0, 0.1) is 0 Å². The molecule has 50 heavy (non-hydrogen) atoms. The highest BCUT2D eigenvalue weighted by atomic mass is 16.5. The summed E-state index contributed by atoms with van der Waals surface area (Å²) in [6.07, 6.45) is 0. The van der Waals surface area contributed by atoms with Gasteiger partial charge in [-0.3, -0.25) is 0 Å². The molecule has 6 heteroatoms. The van der Waals surface area contributed by atoms with Gasteiger partial charge >= 0.3 is 0 Å². The van der Waals surface area contributed by atoms with E-state index in [0.717, 1.165) is 32.7 Å². The highest BCUT2D eigenvalue weighted by Gasteiger charge is 2.20. The second kappa shape index (κ2) is 13.3. The molecule has 0 saturated heterocycles. The van der Waals surface area contributed by atoms with Gasteiger partial charge in [0.15, 0.2) is 0 Å². The molecular weight excluding hydrogens is 620 g/mol. The van der Waals surface area contributed by atoms with Crippen molar-refractivity contribution in [3.05, 3.63) is 170 Å². The summed E-state index contributed by atoms with van der Waals surface area (Å²) >= 11 is 0. The quantitative estimate of drug-likeness (QED) is 0.151. The van der Waals surface area contributed by atoms with Crippen molar-refractivity contribution in [3.8, 4) is 57.1 Å². The van der Waals surface area contributed by atoms with Crippen LogP contribution in [0.3, 0.4) is 0 Å². The van der Waals surface area contributed by atoms with Gasteiger partial charge in [0, 0.05) is 22.5 Å². The van der Waals surface area contributed by atoms with E-state index in [1.807, 2.05) is 133 Å². The molecule has 8 rings (SSSR count). The number of hydrogen-bond donors (Lipinski definition) is 2.